The minimum atomic E-state index is 0. The van der Waals surface area contributed by atoms with Gasteiger partial charge in [0.1, 0.15) is 0 Å². The summed E-state index contributed by atoms with van der Waals surface area (Å²) in [6.45, 7) is 11.7. The summed E-state index contributed by atoms with van der Waals surface area (Å²) < 4.78 is 5.44. The molecule has 1 rings (SSSR count). The van der Waals surface area contributed by atoms with Gasteiger partial charge in [-0.1, -0.05) is 19.9 Å². The molecule has 1 fully saturated rings. The summed E-state index contributed by atoms with van der Waals surface area (Å²) in [4.78, 5) is 4.41. The lowest BCUT2D eigenvalue weighted by molar-refractivity contribution is -0.0922. The van der Waals surface area contributed by atoms with Crippen LogP contribution in [0.15, 0.2) is 17.6 Å². The molecule has 106 valence electrons. The van der Waals surface area contributed by atoms with Gasteiger partial charge in [0.2, 0.25) is 0 Å². The Morgan fingerprint density at radius 3 is 2.67 bits per heavy atom. The van der Waals surface area contributed by atoms with Crippen LogP contribution < -0.4 is 10.6 Å². The molecular formula is C13H26IN3O. The lowest BCUT2D eigenvalue weighted by atomic mass is 9.64. The van der Waals surface area contributed by atoms with Crippen LogP contribution in [0, 0.1) is 5.41 Å². The molecule has 0 aromatic heterocycles. The zero-order chi connectivity index (χ0) is 12.9. The van der Waals surface area contributed by atoms with Crippen molar-refractivity contribution in [3.05, 3.63) is 12.7 Å². The third-order valence-corrected chi connectivity index (χ3v) is 3.50. The van der Waals surface area contributed by atoms with Crippen LogP contribution in [-0.2, 0) is 4.74 Å². The van der Waals surface area contributed by atoms with Gasteiger partial charge in [-0.25, -0.2) is 4.99 Å². The third kappa shape index (κ3) is 4.12. The molecule has 2 atom stereocenters. The van der Waals surface area contributed by atoms with Gasteiger partial charge in [0, 0.05) is 25.1 Å². The molecule has 4 nitrogen and oxygen atoms in total. The van der Waals surface area contributed by atoms with Crippen LogP contribution in [-0.4, -0.2) is 38.3 Å². The van der Waals surface area contributed by atoms with Crippen LogP contribution in [0.1, 0.15) is 27.2 Å². The van der Waals surface area contributed by atoms with Gasteiger partial charge in [0.15, 0.2) is 5.96 Å². The van der Waals surface area contributed by atoms with Crippen molar-refractivity contribution in [2.75, 3.05) is 20.2 Å². The molecule has 2 N–H and O–H groups in total. The maximum Gasteiger partial charge on any atom is 0.191 e. The van der Waals surface area contributed by atoms with Gasteiger partial charge in [-0.05, 0) is 13.3 Å². The maximum atomic E-state index is 5.44. The predicted octanol–water partition coefficient (Wildman–Crippen LogP) is 2.16. The number of guanidine groups is 1. The van der Waals surface area contributed by atoms with Gasteiger partial charge in [-0.2, -0.15) is 0 Å². The number of hydrogen-bond donors (Lipinski definition) is 2. The van der Waals surface area contributed by atoms with Crippen molar-refractivity contribution in [3.63, 3.8) is 0 Å². The van der Waals surface area contributed by atoms with E-state index in [1.165, 1.54) is 0 Å². The fraction of sp³-hybridized carbons (Fsp3) is 0.769. The van der Waals surface area contributed by atoms with E-state index in [4.69, 9.17) is 4.74 Å². The summed E-state index contributed by atoms with van der Waals surface area (Å²) in [6.07, 6.45) is 3.16. The Bertz CT molecular complexity index is 292. The Morgan fingerprint density at radius 1 is 1.56 bits per heavy atom. The predicted molar refractivity (Wildman–Crippen MR) is 87.7 cm³/mol. The molecule has 18 heavy (non-hydrogen) atoms. The molecule has 1 aliphatic carbocycles. The van der Waals surface area contributed by atoms with Gasteiger partial charge < -0.3 is 15.4 Å². The van der Waals surface area contributed by atoms with Gasteiger partial charge >= 0.3 is 0 Å². The lowest BCUT2D eigenvalue weighted by Gasteiger charge is -2.51. The van der Waals surface area contributed by atoms with E-state index >= 15 is 0 Å². The summed E-state index contributed by atoms with van der Waals surface area (Å²) >= 11 is 0. The molecule has 0 bridgehead atoms. The second-order valence-corrected chi connectivity index (χ2v) is 4.99. The number of nitrogens with one attached hydrogen (secondary N) is 2. The normalized spacial score (nSPS) is 25.7. The highest BCUT2D eigenvalue weighted by Crippen LogP contribution is 2.42. The Balaban J connectivity index is 0.00000289. The largest absolute Gasteiger partial charge is 0.381 e. The molecule has 0 heterocycles. The summed E-state index contributed by atoms with van der Waals surface area (Å²) in [7, 11) is 1.78. The van der Waals surface area contributed by atoms with Crippen LogP contribution in [0.4, 0.5) is 0 Å². The van der Waals surface area contributed by atoms with Crippen LogP contribution >= 0.6 is 24.0 Å². The molecule has 0 amide bonds. The fourth-order valence-corrected chi connectivity index (χ4v) is 2.17. The quantitative estimate of drug-likeness (QED) is 0.339. The van der Waals surface area contributed by atoms with E-state index in [9.17, 15) is 0 Å². The van der Waals surface area contributed by atoms with E-state index in [1.54, 1.807) is 13.2 Å². The van der Waals surface area contributed by atoms with E-state index in [0.29, 0.717) is 18.7 Å². The van der Waals surface area contributed by atoms with Crippen molar-refractivity contribution in [1.82, 2.24) is 10.6 Å². The van der Waals surface area contributed by atoms with E-state index in [2.05, 4.69) is 43.0 Å². The maximum absolute atomic E-state index is 5.44. The molecular weight excluding hydrogens is 341 g/mol. The molecule has 5 heteroatoms. The molecule has 1 aliphatic rings. The van der Waals surface area contributed by atoms with Gasteiger partial charge in [-0.15, -0.1) is 30.6 Å². The van der Waals surface area contributed by atoms with Crippen molar-refractivity contribution < 1.29 is 4.74 Å². The number of aliphatic imine (C=N–C) groups is 1. The molecule has 2 unspecified atom stereocenters. The molecule has 1 saturated carbocycles. The number of nitrogens with zero attached hydrogens (tertiary/aromatic N) is 1. The minimum absolute atomic E-state index is 0. The highest BCUT2D eigenvalue weighted by atomic mass is 127. The highest BCUT2D eigenvalue weighted by molar-refractivity contribution is 14.0. The number of hydrogen-bond acceptors (Lipinski definition) is 2. The van der Waals surface area contributed by atoms with Crippen LogP contribution in [0.5, 0.6) is 0 Å². The topological polar surface area (TPSA) is 45.7 Å². The SMILES string of the molecule is C=CCN=C(NCC)NC1CC(OC)C1(C)C.I. The van der Waals surface area contributed by atoms with Gasteiger partial charge in [-0.3, -0.25) is 0 Å². The molecule has 0 aliphatic heterocycles. The number of rotatable bonds is 5. The zero-order valence-corrected chi connectivity index (χ0v) is 14.2. The minimum Gasteiger partial charge on any atom is -0.381 e. The van der Waals surface area contributed by atoms with Crippen molar-refractivity contribution >= 4 is 29.9 Å². The fourth-order valence-electron chi connectivity index (χ4n) is 2.17. The summed E-state index contributed by atoms with van der Waals surface area (Å²) in [6, 6.07) is 0.412. The lowest BCUT2D eigenvalue weighted by Crippen LogP contribution is -2.63. The highest BCUT2D eigenvalue weighted by Gasteiger charge is 2.48. The standard InChI is InChI=1S/C13H25N3O.HI/c1-6-8-15-12(14-7-2)16-10-9-11(17-5)13(10,3)4;/h6,10-11H,1,7-9H2,2-5H3,(H2,14,15,16);1H. The summed E-state index contributed by atoms with van der Waals surface area (Å²) in [5, 5.41) is 6.69. The molecule has 0 aromatic rings. The molecule has 0 aromatic carbocycles. The van der Waals surface area contributed by atoms with Gasteiger partial charge in [0.25, 0.3) is 0 Å². The first-order valence-corrected chi connectivity index (χ1v) is 6.24. The zero-order valence-electron chi connectivity index (χ0n) is 11.8. The Morgan fingerprint density at radius 2 is 2.22 bits per heavy atom. The first-order chi connectivity index (χ1) is 8.06. The van der Waals surface area contributed by atoms with E-state index < -0.39 is 0 Å². The monoisotopic (exact) mass is 367 g/mol. The van der Waals surface area contributed by atoms with E-state index in [0.717, 1.165) is 18.9 Å². The second-order valence-electron chi connectivity index (χ2n) is 4.99. The smallest absolute Gasteiger partial charge is 0.191 e. The first-order valence-electron chi connectivity index (χ1n) is 6.24. The van der Waals surface area contributed by atoms with Gasteiger partial charge in [0.05, 0.1) is 12.6 Å². The van der Waals surface area contributed by atoms with Crippen LogP contribution in [0.3, 0.4) is 0 Å². The Hall–Kier alpha value is -0.300. The van der Waals surface area contributed by atoms with Crippen LogP contribution in [0.25, 0.3) is 0 Å². The number of ether oxygens (including phenoxy) is 1. The second kappa shape index (κ2) is 7.99. The molecule has 0 saturated heterocycles. The molecule has 0 spiro atoms. The van der Waals surface area contributed by atoms with E-state index in [1.807, 2.05) is 0 Å². The van der Waals surface area contributed by atoms with Crippen molar-refractivity contribution in [3.8, 4) is 0 Å². The van der Waals surface area contributed by atoms with Crippen LogP contribution in [0.2, 0.25) is 0 Å². The average molecular weight is 367 g/mol. The summed E-state index contributed by atoms with van der Waals surface area (Å²) in [5.74, 6) is 0.861. The first kappa shape index (κ1) is 17.7. The third-order valence-electron chi connectivity index (χ3n) is 3.50. The number of methoxy groups -OCH3 is 1. The Labute approximate surface area is 128 Å². The van der Waals surface area contributed by atoms with Crippen molar-refractivity contribution in [2.45, 2.75) is 39.3 Å². The Kier molecular flexibility index (Phi) is 7.86. The van der Waals surface area contributed by atoms with Crippen molar-refractivity contribution in [2.24, 2.45) is 10.4 Å². The number of halogens is 1. The van der Waals surface area contributed by atoms with E-state index in [-0.39, 0.29) is 29.4 Å². The average Bonchev–Trinajstić information content (AvgIpc) is 2.30. The summed E-state index contributed by atoms with van der Waals surface area (Å²) in [5.41, 5.74) is 0.152. The van der Waals surface area contributed by atoms with Crippen molar-refractivity contribution in [1.29, 1.82) is 0 Å². The molecule has 0 radical (unpaired) electrons.